The van der Waals surface area contributed by atoms with Crippen LogP contribution in [0.25, 0.3) is 0 Å². The number of benzene rings is 1. The van der Waals surface area contributed by atoms with Crippen molar-refractivity contribution >= 4 is 23.7 Å². The fraction of sp³-hybridized carbons (Fsp3) is 0.756. The van der Waals surface area contributed by atoms with E-state index < -0.39 is 12.1 Å². The van der Waals surface area contributed by atoms with Crippen molar-refractivity contribution in [1.82, 2.24) is 20.9 Å². The van der Waals surface area contributed by atoms with Crippen LogP contribution in [0.1, 0.15) is 128 Å². The van der Waals surface area contributed by atoms with Crippen LogP contribution >= 0.6 is 0 Å². The average molecular weight is 709 g/mol. The Morgan fingerprint density at radius 1 is 0.961 bits per heavy atom. The second-order valence-corrected chi connectivity index (χ2v) is 16.2. The molecule has 10 nitrogen and oxygen atoms in total. The molecule has 0 bridgehead atoms. The van der Waals surface area contributed by atoms with Gasteiger partial charge in [-0.3, -0.25) is 14.4 Å². The van der Waals surface area contributed by atoms with Gasteiger partial charge in [0.2, 0.25) is 17.7 Å². The second kappa shape index (κ2) is 18.7. The van der Waals surface area contributed by atoms with Crippen molar-refractivity contribution < 1.29 is 28.7 Å². The van der Waals surface area contributed by atoms with Gasteiger partial charge in [-0.25, -0.2) is 4.79 Å². The van der Waals surface area contributed by atoms with Crippen molar-refractivity contribution in [2.75, 3.05) is 40.0 Å². The number of carbonyl (C=O) groups excluding carboxylic acids is 4. The molecule has 4 aliphatic rings. The Bertz CT molecular complexity index is 1290. The molecule has 10 heteroatoms. The third kappa shape index (κ3) is 10.6. The molecule has 4 atom stereocenters. The van der Waals surface area contributed by atoms with E-state index in [1.807, 2.05) is 35.2 Å². The SMILES string of the molecule is CCCC(COCC(=O)NCCC1(CNC(C(=O)OC)c2ccccc2)CC1)NC(=O)[C@@H]1CC2(CCCC2)CN1C(=O)C(CC)C1CCCCC1. The van der Waals surface area contributed by atoms with Gasteiger partial charge in [0.05, 0.1) is 19.8 Å². The molecule has 1 heterocycles. The van der Waals surface area contributed by atoms with Crippen LogP contribution in [0.15, 0.2) is 30.3 Å². The first-order chi connectivity index (χ1) is 24.7. The maximum atomic E-state index is 14.2. The van der Waals surface area contributed by atoms with Crippen molar-refractivity contribution in [2.45, 2.75) is 135 Å². The maximum Gasteiger partial charge on any atom is 0.327 e. The summed E-state index contributed by atoms with van der Waals surface area (Å²) in [7, 11) is 1.40. The molecule has 51 heavy (non-hydrogen) atoms. The van der Waals surface area contributed by atoms with E-state index in [0.29, 0.717) is 25.6 Å². The number of esters is 1. The highest BCUT2D eigenvalue weighted by atomic mass is 16.5. The summed E-state index contributed by atoms with van der Waals surface area (Å²) in [5, 5.41) is 9.65. The van der Waals surface area contributed by atoms with Gasteiger partial charge in [0, 0.05) is 25.6 Å². The Hall–Kier alpha value is -2.98. The van der Waals surface area contributed by atoms with Gasteiger partial charge in [0.1, 0.15) is 18.7 Å². The van der Waals surface area contributed by atoms with Crippen LogP contribution in [0, 0.1) is 22.7 Å². The molecule has 1 aromatic carbocycles. The molecule has 3 unspecified atom stereocenters. The number of likely N-dealkylation sites (tertiary alicyclic amines) is 1. The number of methoxy groups -OCH3 is 1. The molecule has 284 valence electrons. The summed E-state index contributed by atoms with van der Waals surface area (Å²) >= 11 is 0. The molecule has 4 fully saturated rings. The van der Waals surface area contributed by atoms with Crippen LogP contribution < -0.4 is 16.0 Å². The molecule has 3 aliphatic carbocycles. The highest BCUT2D eigenvalue weighted by molar-refractivity contribution is 5.89. The fourth-order valence-electron chi connectivity index (χ4n) is 9.23. The van der Waals surface area contributed by atoms with Gasteiger partial charge in [-0.05, 0) is 86.5 Å². The van der Waals surface area contributed by atoms with E-state index in [2.05, 4.69) is 29.8 Å². The van der Waals surface area contributed by atoms with Crippen LogP contribution in [0.2, 0.25) is 0 Å². The Labute approximate surface area is 305 Å². The van der Waals surface area contributed by atoms with Crippen LogP contribution in [0.3, 0.4) is 0 Å². The van der Waals surface area contributed by atoms with E-state index in [9.17, 15) is 19.2 Å². The molecule has 1 aliphatic heterocycles. The smallest absolute Gasteiger partial charge is 0.327 e. The lowest BCUT2D eigenvalue weighted by Gasteiger charge is -2.34. The maximum absolute atomic E-state index is 14.2. The molecule has 0 aromatic heterocycles. The monoisotopic (exact) mass is 708 g/mol. The minimum atomic E-state index is -0.524. The van der Waals surface area contributed by atoms with Crippen LogP contribution in [-0.4, -0.2) is 80.6 Å². The van der Waals surface area contributed by atoms with Crippen molar-refractivity contribution in [3.63, 3.8) is 0 Å². The zero-order chi connectivity index (χ0) is 36.3. The summed E-state index contributed by atoms with van der Waals surface area (Å²) in [5.41, 5.74) is 0.984. The van der Waals surface area contributed by atoms with Gasteiger partial charge in [0.15, 0.2) is 0 Å². The van der Waals surface area contributed by atoms with Crippen LogP contribution in [0.5, 0.6) is 0 Å². The van der Waals surface area contributed by atoms with Gasteiger partial charge in [-0.15, -0.1) is 0 Å². The number of ether oxygens (including phenoxy) is 2. The van der Waals surface area contributed by atoms with Gasteiger partial charge < -0.3 is 30.3 Å². The van der Waals surface area contributed by atoms with Gasteiger partial charge in [-0.2, -0.15) is 0 Å². The van der Waals surface area contributed by atoms with Crippen LogP contribution in [-0.2, 0) is 28.7 Å². The van der Waals surface area contributed by atoms with Crippen molar-refractivity contribution in [3.8, 4) is 0 Å². The van der Waals surface area contributed by atoms with E-state index in [0.717, 1.165) is 76.2 Å². The largest absolute Gasteiger partial charge is 0.468 e. The minimum Gasteiger partial charge on any atom is -0.468 e. The second-order valence-electron chi connectivity index (χ2n) is 16.2. The van der Waals surface area contributed by atoms with Crippen molar-refractivity contribution in [3.05, 3.63) is 35.9 Å². The van der Waals surface area contributed by atoms with Crippen molar-refractivity contribution in [1.29, 1.82) is 0 Å². The first-order valence-corrected chi connectivity index (χ1v) is 20.0. The van der Waals surface area contributed by atoms with E-state index in [4.69, 9.17) is 9.47 Å². The number of rotatable bonds is 19. The standard InChI is InChI=1S/C41H64N4O6/c1-4-14-32(26-51-27-35(46)42-24-23-40(21-22-40)28-43-36(39(49)50-3)31-17-10-7-11-18-31)44-37(47)34-25-41(19-12-13-20-41)29-45(34)38(48)33(5-2)30-15-8-6-9-16-30/h7,10-11,17-18,30,32-34,36,43H,4-6,8-9,12-16,19-29H2,1-3H3,(H,42,46)(H,44,47)/t32?,33?,34-,36?/m0/s1. The molecule has 3 saturated carbocycles. The summed E-state index contributed by atoms with van der Waals surface area (Å²) < 4.78 is 10.9. The zero-order valence-electron chi connectivity index (χ0n) is 31.5. The molecule has 0 radical (unpaired) electrons. The molecule has 1 spiro atoms. The van der Waals surface area contributed by atoms with Crippen LogP contribution in [0.4, 0.5) is 0 Å². The fourth-order valence-corrected chi connectivity index (χ4v) is 9.23. The predicted octanol–water partition coefficient (Wildman–Crippen LogP) is 5.85. The highest BCUT2D eigenvalue weighted by Crippen LogP contribution is 2.49. The molecule has 1 saturated heterocycles. The first-order valence-electron chi connectivity index (χ1n) is 20.0. The molecule has 3 N–H and O–H groups in total. The van der Waals surface area contributed by atoms with E-state index in [1.165, 1.54) is 39.2 Å². The third-order valence-corrected chi connectivity index (χ3v) is 12.5. The highest BCUT2D eigenvalue weighted by Gasteiger charge is 2.51. The quantitative estimate of drug-likeness (QED) is 0.154. The summed E-state index contributed by atoms with van der Waals surface area (Å²) in [6, 6.07) is 8.40. The molecular formula is C41H64N4O6. The third-order valence-electron chi connectivity index (χ3n) is 12.5. The van der Waals surface area contributed by atoms with E-state index >= 15 is 0 Å². The lowest BCUT2D eigenvalue weighted by Crippen LogP contribution is -2.51. The number of hydrogen-bond acceptors (Lipinski definition) is 7. The van der Waals surface area contributed by atoms with Gasteiger partial charge in [-0.1, -0.05) is 82.7 Å². The van der Waals surface area contributed by atoms with Gasteiger partial charge >= 0.3 is 5.97 Å². The van der Waals surface area contributed by atoms with E-state index in [-0.39, 0.29) is 59.7 Å². The normalized spacial score (nSPS) is 22.6. The number of carbonyl (C=O) groups is 4. The Morgan fingerprint density at radius 2 is 1.69 bits per heavy atom. The Kier molecular flexibility index (Phi) is 14.4. The zero-order valence-corrected chi connectivity index (χ0v) is 31.5. The number of nitrogens with zero attached hydrogens (tertiary/aromatic N) is 1. The van der Waals surface area contributed by atoms with Crippen molar-refractivity contribution in [2.24, 2.45) is 22.7 Å². The topological polar surface area (TPSA) is 126 Å². The van der Waals surface area contributed by atoms with Gasteiger partial charge in [0.25, 0.3) is 0 Å². The summed E-state index contributed by atoms with van der Waals surface area (Å²) in [5.74, 6) is 0.0616. The summed E-state index contributed by atoms with van der Waals surface area (Å²) in [6.07, 6.45) is 16.5. The molecular weight excluding hydrogens is 644 g/mol. The molecule has 1 aromatic rings. The summed E-state index contributed by atoms with van der Waals surface area (Å²) in [6.45, 7) is 6.29. The Morgan fingerprint density at radius 3 is 2.33 bits per heavy atom. The number of hydrogen-bond donors (Lipinski definition) is 3. The number of nitrogens with one attached hydrogen (secondary N) is 3. The Balaban J connectivity index is 1.07. The number of amides is 3. The predicted molar refractivity (Wildman–Crippen MR) is 198 cm³/mol. The lowest BCUT2D eigenvalue weighted by atomic mass is 9.78. The van der Waals surface area contributed by atoms with E-state index in [1.54, 1.807) is 0 Å². The minimum absolute atomic E-state index is 0.00237. The molecule has 5 rings (SSSR count). The summed E-state index contributed by atoms with van der Waals surface area (Å²) in [4.78, 5) is 55.3. The first kappa shape index (κ1) is 39.2. The lowest BCUT2D eigenvalue weighted by molar-refractivity contribution is -0.144. The molecule has 3 amide bonds. The average Bonchev–Trinajstić information content (AvgIpc) is 3.58.